The predicted octanol–water partition coefficient (Wildman–Crippen LogP) is 9.63. The van der Waals surface area contributed by atoms with Crippen molar-refractivity contribution < 1.29 is 52.2 Å². The van der Waals surface area contributed by atoms with Crippen LogP contribution in [0.15, 0.2) is 187 Å². The van der Waals surface area contributed by atoms with Crippen LogP contribution in [-0.2, 0) is 85.3 Å². The van der Waals surface area contributed by atoms with E-state index in [1.54, 1.807) is 11.8 Å². The van der Waals surface area contributed by atoms with Crippen LogP contribution in [-0.4, -0.2) is 86.1 Å². The van der Waals surface area contributed by atoms with Crippen molar-refractivity contribution in [3.8, 4) is 0 Å². The Labute approximate surface area is 421 Å². The maximum absolute atomic E-state index is 13.4. The summed E-state index contributed by atoms with van der Waals surface area (Å²) in [6, 6.07) is 59.7. The average Bonchev–Trinajstić information content (AvgIpc) is 3.42. The molecule has 8 rings (SSSR count). The average molecular weight is 982 g/mol. The van der Waals surface area contributed by atoms with Gasteiger partial charge in [-0.1, -0.05) is 182 Å². The van der Waals surface area contributed by atoms with Gasteiger partial charge in [0.15, 0.2) is 12.4 Å². The van der Waals surface area contributed by atoms with E-state index in [2.05, 4.69) is 17.4 Å². The number of thioether (sulfide) groups is 1. The highest BCUT2D eigenvalue weighted by Gasteiger charge is 2.52. The second kappa shape index (κ2) is 27.2. The minimum Gasteiger partial charge on any atom is -0.457 e. The molecule has 6 aromatic rings. The van der Waals surface area contributed by atoms with Crippen LogP contribution in [0, 0.1) is 0 Å². The van der Waals surface area contributed by atoms with Gasteiger partial charge in [-0.2, -0.15) is 0 Å². The zero-order valence-electron chi connectivity index (χ0n) is 40.1. The van der Waals surface area contributed by atoms with Crippen LogP contribution >= 0.6 is 11.8 Å². The number of esters is 1. The second-order valence-electron chi connectivity index (χ2n) is 17.5. The molecule has 2 aliphatic heterocycles. The quantitative estimate of drug-likeness (QED) is 0.0580. The molecule has 12 nitrogen and oxygen atoms in total. The van der Waals surface area contributed by atoms with Crippen LogP contribution in [0.4, 0.5) is 0 Å². The molecule has 2 aliphatic rings. The van der Waals surface area contributed by atoms with Gasteiger partial charge in [0.1, 0.15) is 42.1 Å². The van der Waals surface area contributed by atoms with Crippen LogP contribution in [0.2, 0.25) is 0 Å². The molecule has 6 aromatic carbocycles. The zero-order chi connectivity index (χ0) is 49.0. The normalized spacial score (nSPS) is 24.2. The van der Waals surface area contributed by atoms with Crippen molar-refractivity contribution in [1.29, 1.82) is 0 Å². The Hall–Kier alpha value is -5.71. The summed E-state index contributed by atoms with van der Waals surface area (Å²) >= 11 is 1.55. The summed E-state index contributed by atoms with van der Waals surface area (Å²) in [5.74, 6) is -0.837. The first-order chi connectivity index (χ1) is 34.9. The maximum atomic E-state index is 13.4. The van der Waals surface area contributed by atoms with Gasteiger partial charge in [0, 0.05) is 18.4 Å². The van der Waals surface area contributed by atoms with Gasteiger partial charge in [0.05, 0.1) is 52.2 Å². The molecule has 0 spiro atoms. The van der Waals surface area contributed by atoms with E-state index < -0.39 is 66.5 Å². The van der Waals surface area contributed by atoms with E-state index >= 15 is 0 Å². The second-order valence-corrected chi connectivity index (χ2v) is 18.6. The van der Waals surface area contributed by atoms with Crippen LogP contribution in [0.1, 0.15) is 47.6 Å². The summed E-state index contributed by atoms with van der Waals surface area (Å²) in [7, 11) is 1.53. The van der Waals surface area contributed by atoms with Crippen molar-refractivity contribution in [1.82, 2.24) is 5.32 Å². The number of amides is 1. The van der Waals surface area contributed by atoms with Crippen molar-refractivity contribution in [3.63, 3.8) is 0 Å². The summed E-state index contributed by atoms with van der Waals surface area (Å²) in [6.45, 7) is 3.03. The number of carbonyl (C=O) groups excluding carboxylic acids is 2. The van der Waals surface area contributed by atoms with Crippen molar-refractivity contribution in [2.24, 2.45) is 0 Å². The topological polar surface area (TPSA) is 129 Å². The first-order valence-electron chi connectivity index (χ1n) is 24.2. The van der Waals surface area contributed by atoms with Crippen LogP contribution < -0.4 is 5.32 Å². The van der Waals surface area contributed by atoms with Crippen LogP contribution in [0.25, 0.3) is 0 Å². The van der Waals surface area contributed by atoms with Crippen molar-refractivity contribution in [2.45, 2.75) is 118 Å². The SMILES string of the molecule is CNC(=O)CCC(=O)O[C@@H]1C(C)O[C@@H](OC[C@@H]2O[C@@H](Sc3ccccc3)C(OCc3ccccc3)C(OCc3ccccc3)[C@@H]2OCc2ccccc2)C(OCc2ccccc2)[C@H]1OCc1ccccc1. The Morgan fingerprint density at radius 2 is 0.859 bits per heavy atom. The van der Waals surface area contributed by atoms with E-state index in [1.165, 1.54) is 7.05 Å². The molecule has 0 radical (unpaired) electrons. The van der Waals surface area contributed by atoms with Crippen LogP contribution in [0.3, 0.4) is 0 Å². The molecule has 10 atom stereocenters. The lowest BCUT2D eigenvalue weighted by atomic mass is 9.97. The van der Waals surface area contributed by atoms with E-state index in [9.17, 15) is 9.59 Å². The summed E-state index contributed by atoms with van der Waals surface area (Å²) in [5.41, 5.74) is 4.23. The molecule has 2 heterocycles. The number of benzene rings is 6. The molecule has 4 unspecified atom stereocenters. The van der Waals surface area contributed by atoms with E-state index in [1.807, 2.05) is 177 Å². The fraction of sp³-hybridized carbons (Fsp3) is 0.345. The highest BCUT2D eigenvalue weighted by molar-refractivity contribution is 7.99. The van der Waals surface area contributed by atoms with Crippen LogP contribution in [0.5, 0.6) is 0 Å². The van der Waals surface area contributed by atoms with E-state index in [4.69, 9.17) is 42.6 Å². The molecular formula is C58H63NO11S. The highest BCUT2D eigenvalue weighted by atomic mass is 32.2. The molecule has 71 heavy (non-hydrogen) atoms. The lowest BCUT2D eigenvalue weighted by Gasteiger charge is -2.47. The number of hydrogen-bond donors (Lipinski definition) is 1. The van der Waals surface area contributed by atoms with E-state index in [0.717, 1.165) is 32.7 Å². The lowest BCUT2D eigenvalue weighted by Crippen LogP contribution is -2.62. The third-order valence-corrected chi connectivity index (χ3v) is 13.4. The van der Waals surface area contributed by atoms with E-state index in [0.29, 0.717) is 13.2 Å². The molecule has 1 N–H and O–H groups in total. The number of ether oxygens (including phenoxy) is 9. The molecule has 2 fully saturated rings. The fourth-order valence-corrected chi connectivity index (χ4v) is 9.67. The number of hydrogen-bond acceptors (Lipinski definition) is 12. The number of nitrogens with one attached hydrogen (secondary N) is 1. The summed E-state index contributed by atoms with van der Waals surface area (Å²) < 4.78 is 61.4. The summed E-state index contributed by atoms with van der Waals surface area (Å²) in [5, 5.41) is 2.56. The highest BCUT2D eigenvalue weighted by Crippen LogP contribution is 2.39. The molecule has 372 valence electrons. The van der Waals surface area contributed by atoms with Gasteiger partial charge in [-0.15, -0.1) is 0 Å². The van der Waals surface area contributed by atoms with Crippen molar-refractivity contribution in [3.05, 3.63) is 210 Å². The monoisotopic (exact) mass is 981 g/mol. The van der Waals surface area contributed by atoms with E-state index in [-0.39, 0.29) is 45.2 Å². The molecule has 2 saturated heterocycles. The van der Waals surface area contributed by atoms with Gasteiger partial charge in [0.25, 0.3) is 0 Å². The Balaban J connectivity index is 1.13. The largest absolute Gasteiger partial charge is 0.457 e. The minimum atomic E-state index is -1.04. The standard InChI is InChI=1S/C58H63NO11S/c1-41-51(70-50(61)34-33-49(60)59-2)53(63-36-43-23-11-4-12-24-43)55(65-38-45-27-15-6-16-28-45)57(68-41)67-40-48-52(62-35-42-21-9-3-10-22-42)54(64-37-44-25-13-5-14-26-44)56(66-39-46-29-17-7-18-30-46)58(69-48)71-47-31-19-8-20-32-47/h3-32,41,48,51-58H,33-40H2,1-2H3,(H,59,60)/t41?,48-,51+,52+,53-,54?,55?,56?,57+,58-/m0/s1. The van der Waals surface area contributed by atoms with Gasteiger partial charge < -0.3 is 47.9 Å². The molecule has 0 bridgehead atoms. The van der Waals surface area contributed by atoms with Gasteiger partial charge in [-0.05, 0) is 46.9 Å². The molecule has 0 saturated carbocycles. The van der Waals surface area contributed by atoms with Gasteiger partial charge >= 0.3 is 5.97 Å². The molecule has 0 aromatic heterocycles. The first-order valence-corrected chi connectivity index (χ1v) is 25.1. The third-order valence-electron chi connectivity index (χ3n) is 12.3. The summed E-state index contributed by atoms with van der Waals surface area (Å²) in [4.78, 5) is 26.6. The lowest BCUT2D eigenvalue weighted by molar-refractivity contribution is -0.326. The number of rotatable bonds is 24. The molecule has 1 amide bonds. The van der Waals surface area contributed by atoms with Gasteiger partial charge in [-0.25, -0.2) is 0 Å². The van der Waals surface area contributed by atoms with Gasteiger partial charge in [-0.3, -0.25) is 9.59 Å². The Bertz CT molecular complexity index is 2460. The van der Waals surface area contributed by atoms with Crippen molar-refractivity contribution in [2.75, 3.05) is 13.7 Å². The number of carbonyl (C=O) groups is 2. The first kappa shape index (κ1) is 51.6. The fourth-order valence-electron chi connectivity index (χ4n) is 8.52. The molecule has 0 aliphatic carbocycles. The van der Waals surface area contributed by atoms with Crippen molar-refractivity contribution >= 4 is 23.6 Å². The minimum absolute atomic E-state index is 0.0213. The Kier molecular flexibility index (Phi) is 19.8. The Morgan fingerprint density at radius 3 is 1.31 bits per heavy atom. The molecular weight excluding hydrogens is 919 g/mol. The van der Waals surface area contributed by atoms with Gasteiger partial charge in [0.2, 0.25) is 5.91 Å². The predicted molar refractivity (Wildman–Crippen MR) is 270 cm³/mol. The smallest absolute Gasteiger partial charge is 0.306 e. The zero-order valence-corrected chi connectivity index (χ0v) is 41.0. The third kappa shape index (κ3) is 15.4. The summed E-state index contributed by atoms with van der Waals surface area (Å²) in [6.07, 6.45) is -7.32. The maximum Gasteiger partial charge on any atom is 0.306 e. The molecule has 13 heteroatoms. The Morgan fingerprint density at radius 1 is 0.465 bits per heavy atom.